The summed E-state index contributed by atoms with van der Waals surface area (Å²) in [5, 5.41) is 20.8. The van der Waals surface area contributed by atoms with E-state index in [9.17, 15) is 4.79 Å². The first-order valence-electron chi connectivity index (χ1n) is 5.07. The molecule has 0 radical (unpaired) electrons. The number of rotatable bonds is 2. The topological polar surface area (TPSA) is 85.8 Å². The van der Waals surface area contributed by atoms with Gasteiger partial charge < -0.3 is 5.11 Å². The molecule has 0 saturated carbocycles. The standard InChI is InChI=1S/C10H13N5O2/c1-5-7(6(2)14(3)12-5)9-8(10(16)17)11-13-15(9)4/h1-4H3,(H,16,17). The highest BCUT2D eigenvalue weighted by molar-refractivity contribution is 5.93. The molecule has 0 saturated heterocycles. The number of carbonyl (C=O) groups is 1. The van der Waals surface area contributed by atoms with E-state index in [1.165, 1.54) is 4.68 Å². The maximum absolute atomic E-state index is 11.1. The van der Waals surface area contributed by atoms with Gasteiger partial charge in [0.1, 0.15) is 5.69 Å². The number of aryl methyl sites for hydroxylation is 3. The molecule has 17 heavy (non-hydrogen) atoms. The SMILES string of the molecule is Cc1nn(C)c(C)c1-c1c(C(=O)O)nnn1C. The van der Waals surface area contributed by atoms with Gasteiger partial charge in [-0.2, -0.15) is 5.10 Å². The molecule has 7 nitrogen and oxygen atoms in total. The lowest BCUT2D eigenvalue weighted by Crippen LogP contribution is -2.03. The van der Waals surface area contributed by atoms with Gasteiger partial charge in [0.05, 0.1) is 5.69 Å². The van der Waals surface area contributed by atoms with Crippen LogP contribution in [0.1, 0.15) is 21.9 Å². The minimum Gasteiger partial charge on any atom is -0.476 e. The van der Waals surface area contributed by atoms with Crippen LogP contribution in [0.4, 0.5) is 0 Å². The fraction of sp³-hybridized carbons (Fsp3) is 0.400. The van der Waals surface area contributed by atoms with Crippen molar-refractivity contribution in [3.05, 3.63) is 17.1 Å². The molecule has 0 aliphatic carbocycles. The highest BCUT2D eigenvalue weighted by Crippen LogP contribution is 2.27. The Bertz CT molecular complexity index is 596. The van der Waals surface area contributed by atoms with Gasteiger partial charge >= 0.3 is 5.97 Å². The van der Waals surface area contributed by atoms with Gasteiger partial charge in [-0.15, -0.1) is 5.10 Å². The third-order valence-corrected chi connectivity index (χ3v) is 2.78. The number of nitrogens with zero attached hydrogens (tertiary/aromatic N) is 5. The number of aromatic carboxylic acids is 1. The second-order valence-electron chi connectivity index (χ2n) is 3.88. The van der Waals surface area contributed by atoms with Crippen LogP contribution in [0.5, 0.6) is 0 Å². The summed E-state index contributed by atoms with van der Waals surface area (Å²) in [7, 11) is 3.48. The molecule has 0 aliphatic rings. The molecule has 0 amide bonds. The average molecular weight is 235 g/mol. The highest BCUT2D eigenvalue weighted by Gasteiger charge is 2.24. The summed E-state index contributed by atoms with van der Waals surface area (Å²) >= 11 is 0. The molecule has 90 valence electrons. The second-order valence-corrected chi connectivity index (χ2v) is 3.88. The van der Waals surface area contributed by atoms with Gasteiger partial charge in [0.15, 0.2) is 5.69 Å². The van der Waals surface area contributed by atoms with E-state index < -0.39 is 5.97 Å². The van der Waals surface area contributed by atoms with Crippen molar-refractivity contribution in [2.75, 3.05) is 0 Å². The minimum absolute atomic E-state index is 0.0494. The maximum atomic E-state index is 11.1. The van der Waals surface area contributed by atoms with Crippen LogP contribution in [-0.2, 0) is 14.1 Å². The van der Waals surface area contributed by atoms with Crippen LogP contribution in [0.3, 0.4) is 0 Å². The van der Waals surface area contributed by atoms with Crippen LogP contribution in [0, 0.1) is 13.8 Å². The van der Waals surface area contributed by atoms with Crippen molar-refractivity contribution in [3.8, 4) is 11.3 Å². The monoisotopic (exact) mass is 235 g/mol. The molecule has 0 aliphatic heterocycles. The van der Waals surface area contributed by atoms with Crippen LogP contribution in [0.2, 0.25) is 0 Å². The zero-order chi connectivity index (χ0) is 12.7. The van der Waals surface area contributed by atoms with Crippen molar-refractivity contribution in [2.24, 2.45) is 14.1 Å². The van der Waals surface area contributed by atoms with E-state index in [1.807, 2.05) is 20.9 Å². The van der Waals surface area contributed by atoms with Crippen LogP contribution < -0.4 is 0 Å². The van der Waals surface area contributed by atoms with Gasteiger partial charge in [-0.25, -0.2) is 9.48 Å². The van der Waals surface area contributed by atoms with Crippen molar-refractivity contribution < 1.29 is 9.90 Å². The third-order valence-electron chi connectivity index (χ3n) is 2.78. The van der Waals surface area contributed by atoms with E-state index >= 15 is 0 Å². The lowest BCUT2D eigenvalue weighted by molar-refractivity contribution is 0.0691. The fourth-order valence-corrected chi connectivity index (χ4v) is 1.90. The van der Waals surface area contributed by atoms with Crippen LogP contribution in [0.15, 0.2) is 0 Å². The molecule has 0 bridgehead atoms. The molecular weight excluding hydrogens is 222 g/mol. The fourth-order valence-electron chi connectivity index (χ4n) is 1.90. The van der Waals surface area contributed by atoms with Gasteiger partial charge in [-0.05, 0) is 13.8 Å². The molecule has 0 atom stereocenters. The highest BCUT2D eigenvalue weighted by atomic mass is 16.4. The van der Waals surface area contributed by atoms with E-state index in [0.717, 1.165) is 17.0 Å². The zero-order valence-corrected chi connectivity index (χ0v) is 10.1. The Kier molecular flexibility index (Phi) is 2.45. The molecule has 0 fully saturated rings. The van der Waals surface area contributed by atoms with E-state index in [0.29, 0.717) is 5.69 Å². The van der Waals surface area contributed by atoms with Crippen molar-refractivity contribution >= 4 is 5.97 Å². The normalized spacial score (nSPS) is 10.8. The first-order chi connectivity index (χ1) is 7.93. The molecule has 1 N–H and O–H groups in total. The molecule has 7 heteroatoms. The molecule has 0 spiro atoms. The summed E-state index contributed by atoms with van der Waals surface area (Å²) in [5.41, 5.74) is 2.86. The van der Waals surface area contributed by atoms with Gasteiger partial charge in [-0.1, -0.05) is 5.21 Å². The Labute approximate surface area is 97.7 Å². The first-order valence-corrected chi connectivity index (χ1v) is 5.07. The van der Waals surface area contributed by atoms with Crippen molar-refractivity contribution in [1.82, 2.24) is 24.8 Å². The number of carboxylic acids is 1. The Morgan fingerprint density at radius 1 is 1.24 bits per heavy atom. The lowest BCUT2D eigenvalue weighted by Gasteiger charge is -2.03. The summed E-state index contributed by atoms with van der Waals surface area (Å²) < 4.78 is 3.17. The van der Waals surface area contributed by atoms with Crippen molar-refractivity contribution in [1.29, 1.82) is 0 Å². The second kappa shape index (κ2) is 3.69. The summed E-state index contributed by atoms with van der Waals surface area (Å²) in [6.07, 6.45) is 0. The molecule has 2 aromatic rings. The summed E-state index contributed by atoms with van der Waals surface area (Å²) in [4.78, 5) is 11.1. The average Bonchev–Trinajstić information content (AvgIpc) is 2.70. The summed E-state index contributed by atoms with van der Waals surface area (Å²) in [5.74, 6) is -1.09. The van der Waals surface area contributed by atoms with Crippen LogP contribution in [-0.4, -0.2) is 35.9 Å². The van der Waals surface area contributed by atoms with Gasteiger partial charge in [0.25, 0.3) is 0 Å². The van der Waals surface area contributed by atoms with Gasteiger partial charge in [0, 0.05) is 25.4 Å². The van der Waals surface area contributed by atoms with Gasteiger partial charge in [0.2, 0.25) is 0 Å². The van der Waals surface area contributed by atoms with E-state index in [4.69, 9.17) is 5.11 Å². The number of carboxylic acid groups (broad SMARTS) is 1. The number of hydrogen-bond acceptors (Lipinski definition) is 4. The number of hydrogen-bond donors (Lipinski definition) is 1. The van der Waals surface area contributed by atoms with E-state index in [1.54, 1.807) is 11.7 Å². The molecule has 2 aromatic heterocycles. The third kappa shape index (κ3) is 1.59. The maximum Gasteiger partial charge on any atom is 0.358 e. The quantitative estimate of drug-likeness (QED) is 0.820. The minimum atomic E-state index is -1.09. The Morgan fingerprint density at radius 2 is 1.88 bits per heavy atom. The predicted octanol–water partition coefficient (Wildman–Crippen LogP) is 0.531. The van der Waals surface area contributed by atoms with E-state index in [-0.39, 0.29) is 5.69 Å². The molecule has 2 heterocycles. The van der Waals surface area contributed by atoms with Crippen LogP contribution >= 0.6 is 0 Å². The van der Waals surface area contributed by atoms with E-state index in [2.05, 4.69) is 15.4 Å². The molecular formula is C10H13N5O2. The Balaban J connectivity index is 2.76. The molecule has 2 rings (SSSR count). The summed E-state index contributed by atoms with van der Waals surface area (Å²) in [6.45, 7) is 3.72. The largest absolute Gasteiger partial charge is 0.476 e. The number of aromatic nitrogens is 5. The predicted molar refractivity (Wildman–Crippen MR) is 59.6 cm³/mol. The van der Waals surface area contributed by atoms with Gasteiger partial charge in [-0.3, -0.25) is 4.68 Å². The first kappa shape index (κ1) is 11.3. The zero-order valence-electron chi connectivity index (χ0n) is 10.1. The lowest BCUT2D eigenvalue weighted by atomic mass is 10.1. The molecule has 0 aromatic carbocycles. The van der Waals surface area contributed by atoms with Crippen molar-refractivity contribution in [3.63, 3.8) is 0 Å². The Hall–Kier alpha value is -2.18. The van der Waals surface area contributed by atoms with Crippen LogP contribution in [0.25, 0.3) is 11.3 Å². The molecule has 0 unspecified atom stereocenters. The summed E-state index contributed by atoms with van der Waals surface area (Å²) in [6, 6.07) is 0. The Morgan fingerprint density at radius 3 is 2.35 bits per heavy atom. The smallest absolute Gasteiger partial charge is 0.358 e. The van der Waals surface area contributed by atoms with Crippen molar-refractivity contribution in [2.45, 2.75) is 13.8 Å².